The van der Waals surface area contributed by atoms with Crippen LogP contribution in [0, 0.1) is 0 Å². The number of carbonyl (C=O) groups is 1. The van der Waals surface area contributed by atoms with Gasteiger partial charge in [-0.15, -0.1) is 0 Å². The zero-order chi connectivity index (χ0) is 21.8. The smallest absolute Gasteiger partial charge is 0.333 e. The van der Waals surface area contributed by atoms with Gasteiger partial charge in [0.1, 0.15) is 21.5 Å². The molecule has 0 spiro atoms. The van der Waals surface area contributed by atoms with Crippen LogP contribution in [0.25, 0.3) is 0 Å². The van der Waals surface area contributed by atoms with Crippen molar-refractivity contribution in [3.05, 3.63) is 12.2 Å². The zero-order valence-corrected chi connectivity index (χ0v) is 21.7. The molecule has 0 radical (unpaired) electrons. The fraction of sp³-hybridized carbons (Fsp3) is 0.824. The minimum Gasteiger partial charge on any atom is -0.463 e. The fourth-order valence-electron chi connectivity index (χ4n) is 1.73. The molecule has 0 aliphatic rings. The first kappa shape index (κ1) is 28.9. The number of ether oxygens (including phenoxy) is 1. The van der Waals surface area contributed by atoms with Gasteiger partial charge in [-0.25, -0.2) is 4.79 Å². The van der Waals surface area contributed by atoms with E-state index < -0.39 is 32.3 Å². The van der Waals surface area contributed by atoms with E-state index in [4.69, 9.17) is 28.9 Å². The molecule has 0 saturated carbocycles. The fourth-order valence-corrected chi connectivity index (χ4v) is 8.28. The first-order valence-corrected chi connectivity index (χ1v) is 17.7. The van der Waals surface area contributed by atoms with Gasteiger partial charge < -0.3 is 28.9 Å². The summed E-state index contributed by atoms with van der Waals surface area (Å²) in [5.41, 5.74) is 0.378. The van der Waals surface area contributed by atoms with Crippen molar-refractivity contribution in [1.82, 2.24) is 0 Å². The molecule has 1 atom stereocenters. The van der Waals surface area contributed by atoms with E-state index in [9.17, 15) is 4.79 Å². The number of rotatable bonds is 11. The van der Waals surface area contributed by atoms with Gasteiger partial charge in [0.15, 0.2) is 16.6 Å². The maximum Gasteiger partial charge on any atom is 0.333 e. The highest BCUT2D eigenvalue weighted by Gasteiger charge is 2.30. The average Bonchev–Trinajstić information content (AvgIpc) is 2.50. The highest BCUT2D eigenvalue weighted by Crippen LogP contribution is 2.16. The molecule has 0 aromatic rings. The Morgan fingerprint density at radius 1 is 1.04 bits per heavy atom. The van der Waals surface area contributed by atoms with Crippen LogP contribution in [0.1, 0.15) is 20.3 Å². The number of carbonyl (C=O) groups excluding carboxylic acids is 1. The van der Waals surface area contributed by atoms with Gasteiger partial charge in [-0.05, 0) is 52.6 Å². The van der Waals surface area contributed by atoms with Crippen LogP contribution in [-0.4, -0.2) is 78.4 Å². The highest BCUT2D eigenvalue weighted by atomic mass is 28.4. The number of aliphatic hydroxyl groups excluding tert-OH is 3. The van der Waals surface area contributed by atoms with Gasteiger partial charge in [0.25, 0.3) is 0 Å². The van der Waals surface area contributed by atoms with E-state index in [-0.39, 0.29) is 30.8 Å². The second-order valence-corrected chi connectivity index (χ2v) is 19.3. The second kappa shape index (κ2) is 13.8. The first-order chi connectivity index (χ1) is 12.1. The molecule has 0 saturated heterocycles. The Balaban J connectivity index is 0. The van der Waals surface area contributed by atoms with Gasteiger partial charge in [-0.3, -0.25) is 0 Å². The lowest BCUT2D eigenvalue weighted by Crippen LogP contribution is -2.46. The standard InChI is InChI=1S/C14H32O4Si3.C3H8O3/c1-10-12(16-13(15)11(2)3)19-14(17-20(4,5)6)18-21(7,8)9;4-1-3(6)2-5/h12,14H,2,10,19H2,1,3-9H3;3-6H,1-2H2. The quantitative estimate of drug-likeness (QED) is 0.193. The van der Waals surface area contributed by atoms with E-state index in [0.717, 1.165) is 6.42 Å². The summed E-state index contributed by atoms with van der Waals surface area (Å²) in [4.78, 5) is 11.7. The molecule has 0 bridgehead atoms. The van der Waals surface area contributed by atoms with Crippen LogP contribution in [0.2, 0.25) is 39.3 Å². The molecule has 7 nitrogen and oxygen atoms in total. The summed E-state index contributed by atoms with van der Waals surface area (Å²) in [5.74, 6) is -0.472. The van der Waals surface area contributed by atoms with Crippen LogP contribution in [0.4, 0.5) is 0 Å². The molecule has 1 unspecified atom stereocenters. The van der Waals surface area contributed by atoms with E-state index in [1.807, 2.05) is 6.92 Å². The Hall–Kier alpha value is -0.339. The maximum absolute atomic E-state index is 11.7. The Bertz CT molecular complexity index is 413. The lowest BCUT2D eigenvalue weighted by molar-refractivity contribution is -0.141. The number of esters is 1. The van der Waals surface area contributed by atoms with Gasteiger partial charge in [-0.2, -0.15) is 0 Å². The molecule has 162 valence electrons. The van der Waals surface area contributed by atoms with Gasteiger partial charge in [0.05, 0.1) is 18.9 Å². The molecular formula is C17H40O7Si3. The van der Waals surface area contributed by atoms with Crippen molar-refractivity contribution in [2.45, 2.75) is 77.3 Å². The summed E-state index contributed by atoms with van der Waals surface area (Å²) in [5, 5.41) is 24.0. The predicted octanol–water partition coefficient (Wildman–Crippen LogP) is 1.33. The minimum absolute atomic E-state index is 0.0631. The van der Waals surface area contributed by atoms with Crippen molar-refractivity contribution in [3.8, 4) is 0 Å². The predicted molar refractivity (Wildman–Crippen MR) is 116 cm³/mol. The average molecular weight is 441 g/mol. The summed E-state index contributed by atoms with van der Waals surface area (Å²) in [6.45, 7) is 19.5. The van der Waals surface area contributed by atoms with Crippen molar-refractivity contribution in [1.29, 1.82) is 0 Å². The van der Waals surface area contributed by atoms with E-state index >= 15 is 0 Å². The SMILES string of the molecule is C=C(C)C(=O)OC(CC)[SiH2]C(O[Si](C)(C)C)O[Si](C)(C)C.OCC(O)CO. The summed E-state index contributed by atoms with van der Waals surface area (Å²) < 4.78 is 17.9. The molecule has 0 heterocycles. The third kappa shape index (κ3) is 18.8. The Kier molecular flexibility index (Phi) is 14.7. The molecule has 10 heteroatoms. The second-order valence-electron chi connectivity index (χ2n) is 8.36. The Morgan fingerprint density at radius 2 is 1.44 bits per heavy atom. The van der Waals surface area contributed by atoms with Gasteiger partial charge in [0.2, 0.25) is 0 Å². The lowest BCUT2D eigenvalue weighted by Gasteiger charge is -2.33. The molecule has 0 rings (SSSR count). The molecule has 0 aliphatic carbocycles. The van der Waals surface area contributed by atoms with E-state index in [1.165, 1.54) is 0 Å². The number of aliphatic hydroxyl groups is 3. The third-order valence-electron chi connectivity index (χ3n) is 2.92. The monoisotopic (exact) mass is 440 g/mol. The van der Waals surface area contributed by atoms with Crippen LogP contribution in [0.15, 0.2) is 12.2 Å². The van der Waals surface area contributed by atoms with Crippen molar-refractivity contribution >= 4 is 32.1 Å². The molecule has 3 N–H and O–H groups in total. The Morgan fingerprint density at radius 3 is 1.67 bits per heavy atom. The van der Waals surface area contributed by atoms with Gasteiger partial charge in [0, 0.05) is 5.57 Å². The molecule has 0 aliphatic heterocycles. The summed E-state index contributed by atoms with van der Waals surface area (Å²) in [6.07, 6.45) is -0.156. The van der Waals surface area contributed by atoms with Crippen LogP contribution in [0.5, 0.6) is 0 Å². The lowest BCUT2D eigenvalue weighted by atomic mass is 10.4. The normalized spacial score (nSPS) is 13.7. The summed E-state index contributed by atoms with van der Waals surface area (Å²) in [6, 6.07) is 0. The minimum atomic E-state index is -1.69. The van der Waals surface area contributed by atoms with Crippen molar-refractivity contribution in [3.63, 3.8) is 0 Å². The van der Waals surface area contributed by atoms with Crippen LogP contribution in [0.3, 0.4) is 0 Å². The molecule has 0 amide bonds. The topological polar surface area (TPSA) is 105 Å². The van der Waals surface area contributed by atoms with Crippen molar-refractivity contribution in [2.75, 3.05) is 13.2 Å². The van der Waals surface area contributed by atoms with Crippen LogP contribution < -0.4 is 0 Å². The summed E-state index contributed by atoms with van der Waals surface area (Å²) >= 11 is 0. The van der Waals surface area contributed by atoms with Crippen LogP contribution >= 0.6 is 0 Å². The summed E-state index contributed by atoms with van der Waals surface area (Å²) in [7, 11) is -4.23. The largest absolute Gasteiger partial charge is 0.463 e. The first-order valence-electron chi connectivity index (χ1n) is 9.27. The maximum atomic E-state index is 11.7. The van der Waals surface area contributed by atoms with E-state index in [1.54, 1.807) is 6.92 Å². The third-order valence-corrected chi connectivity index (χ3v) is 7.52. The zero-order valence-electron chi connectivity index (χ0n) is 18.2. The molecule has 0 aromatic carbocycles. The van der Waals surface area contributed by atoms with Crippen molar-refractivity contribution < 1.29 is 33.7 Å². The van der Waals surface area contributed by atoms with E-state index in [2.05, 4.69) is 45.9 Å². The number of hydrogen-bond acceptors (Lipinski definition) is 7. The van der Waals surface area contributed by atoms with Gasteiger partial charge in [-0.1, -0.05) is 13.5 Å². The molecule has 0 aromatic heterocycles. The highest BCUT2D eigenvalue weighted by molar-refractivity contribution is 6.71. The number of hydrogen-bond donors (Lipinski definition) is 3. The Labute approximate surface area is 168 Å². The molecular weight excluding hydrogens is 400 g/mol. The van der Waals surface area contributed by atoms with Crippen molar-refractivity contribution in [2.24, 2.45) is 0 Å². The van der Waals surface area contributed by atoms with Crippen LogP contribution in [-0.2, 0) is 18.4 Å². The molecule has 0 fully saturated rings. The molecule has 27 heavy (non-hydrogen) atoms. The van der Waals surface area contributed by atoms with Gasteiger partial charge >= 0.3 is 5.97 Å². The van der Waals surface area contributed by atoms with E-state index in [0.29, 0.717) is 5.57 Å².